The third-order valence-electron chi connectivity index (χ3n) is 3.75. The number of carbonyl (C=O) groups is 1. The molecule has 0 radical (unpaired) electrons. The monoisotopic (exact) mass is 353 g/mol. The number of para-hydroxylation sites is 1. The summed E-state index contributed by atoms with van der Waals surface area (Å²) in [5.41, 5.74) is 2.08. The van der Waals surface area contributed by atoms with Crippen molar-refractivity contribution in [1.29, 1.82) is 0 Å². The lowest BCUT2D eigenvalue weighted by Crippen LogP contribution is -2.29. The summed E-state index contributed by atoms with van der Waals surface area (Å²) in [6.07, 6.45) is 0. The minimum atomic E-state index is -0.0320. The lowest BCUT2D eigenvalue weighted by molar-refractivity contribution is -0.118. The number of nitrogens with zero attached hydrogens (tertiary/aromatic N) is 4. The van der Waals surface area contributed by atoms with Gasteiger partial charge in [-0.2, -0.15) is 4.68 Å². The Morgan fingerprint density at radius 1 is 1.12 bits per heavy atom. The smallest absolute Gasteiger partial charge is 0.230 e. The van der Waals surface area contributed by atoms with Gasteiger partial charge in [-0.15, -0.1) is 5.10 Å². The van der Waals surface area contributed by atoms with Crippen molar-refractivity contribution in [2.45, 2.75) is 18.0 Å². The first-order valence-electron chi connectivity index (χ1n) is 8.02. The van der Waals surface area contributed by atoms with Gasteiger partial charge in [0.25, 0.3) is 0 Å². The van der Waals surface area contributed by atoms with Gasteiger partial charge in [0, 0.05) is 6.54 Å². The molecule has 1 atom stereocenters. The van der Waals surface area contributed by atoms with Gasteiger partial charge in [0.2, 0.25) is 11.1 Å². The highest BCUT2D eigenvalue weighted by atomic mass is 32.2. The van der Waals surface area contributed by atoms with Crippen LogP contribution in [0, 0.1) is 0 Å². The molecule has 1 aromatic heterocycles. The SMILES string of the molecule is CC(CNC(=O)CSc1nnnn1-c1ccccc1)c1ccccc1. The molecule has 6 nitrogen and oxygen atoms in total. The van der Waals surface area contributed by atoms with E-state index in [-0.39, 0.29) is 17.6 Å². The Hall–Kier alpha value is -2.67. The molecule has 3 rings (SSSR count). The van der Waals surface area contributed by atoms with Gasteiger partial charge in [0.1, 0.15) is 0 Å². The summed E-state index contributed by atoms with van der Waals surface area (Å²) in [7, 11) is 0. The fourth-order valence-electron chi connectivity index (χ4n) is 2.35. The number of aromatic nitrogens is 4. The van der Waals surface area contributed by atoms with E-state index >= 15 is 0 Å². The molecule has 128 valence electrons. The highest BCUT2D eigenvalue weighted by Gasteiger charge is 2.12. The van der Waals surface area contributed by atoms with Gasteiger partial charge >= 0.3 is 0 Å². The summed E-state index contributed by atoms with van der Waals surface area (Å²) >= 11 is 1.32. The summed E-state index contributed by atoms with van der Waals surface area (Å²) in [4.78, 5) is 12.1. The van der Waals surface area contributed by atoms with Gasteiger partial charge in [-0.25, -0.2) is 0 Å². The Morgan fingerprint density at radius 3 is 2.52 bits per heavy atom. The minimum absolute atomic E-state index is 0.0320. The third-order valence-corrected chi connectivity index (χ3v) is 4.67. The molecule has 0 bridgehead atoms. The van der Waals surface area contributed by atoms with Gasteiger partial charge < -0.3 is 5.32 Å². The maximum absolute atomic E-state index is 12.1. The normalized spacial score (nSPS) is 11.9. The molecule has 0 aliphatic rings. The van der Waals surface area contributed by atoms with Crippen LogP contribution in [0.15, 0.2) is 65.8 Å². The number of carbonyl (C=O) groups excluding carboxylic acids is 1. The molecule has 0 aliphatic heterocycles. The zero-order valence-electron chi connectivity index (χ0n) is 13.9. The fourth-order valence-corrected chi connectivity index (χ4v) is 3.07. The molecule has 0 aliphatic carbocycles. The number of benzene rings is 2. The van der Waals surface area contributed by atoms with E-state index in [2.05, 4.69) is 39.9 Å². The van der Waals surface area contributed by atoms with E-state index in [1.54, 1.807) is 4.68 Å². The van der Waals surface area contributed by atoms with Crippen molar-refractivity contribution in [2.24, 2.45) is 0 Å². The van der Waals surface area contributed by atoms with Crippen LogP contribution in [0.25, 0.3) is 5.69 Å². The van der Waals surface area contributed by atoms with Crippen LogP contribution < -0.4 is 5.32 Å². The van der Waals surface area contributed by atoms with Gasteiger partial charge in [0.15, 0.2) is 0 Å². The zero-order valence-corrected chi connectivity index (χ0v) is 14.7. The molecular weight excluding hydrogens is 334 g/mol. The van der Waals surface area contributed by atoms with Crippen LogP contribution in [0.4, 0.5) is 0 Å². The first kappa shape index (κ1) is 17.2. The van der Waals surface area contributed by atoms with Crippen LogP contribution in [-0.4, -0.2) is 38.4 Å². The predicted octanol–water partition coefficient (Wildman–Crippen LogP) is 2.67. The second kappa shape index (κ2) is 8.43. The maximum Gasteiger partial charge on any atom is 0.230 e. The molecular formula is C18H19N5OS. The van der Waals surface area contributed by atoms with E-state index in [0.29, 0.717) is 11.7 Å². The second-order valence-corrected chi connectivity index (χ2v) is 6.56. The molecule has 1 amide bonds. The summed E-state index contributed by atoms with van der Waals surface area (Å²) < 4.78 is 1.63. The zero-order chi connectivity index (χ0) is 17.5. The second-order valence-electron chi connectivity index (χ2n) is 5.61. The van der Waals surface area contributed by atoms with Crippen molar-refractivity contribution in [3.63, 3.8) is 0 Å². The largest absolute Gasteiger partial charge is 0.355 e. The molecule has 2 aromatic carbocycles. The van der Waals surface area contributed by atoms with Gasteiger partial charge in [0.05, 0.1) is 11.4 Å². The number of nitrogens with one attached hydrogen (secondary N) is 1. The van der Waals surface area contributed by atoms with E-state index in [4.69, 9.17) is 0 Å². The van der Waals surface area contributed by atoms with Crippen molar-refractivity contribution in [2.75, 3.05) is 12.3 Å². The molecule has 0 saturated heterocycles. The van der Waals surface area contributed by atoms with Crippen LogP contribution in [0.5, 0.6) is 0 Å². The van der Waals surface area contributed by atoms with E-state index in [1.165, 1.54) is 17.3 Å². The molecule has 1 heterocycles. The van der Waals surface area contributed by atoms with Crippen molar-refractivity contribution in [3.05, 3.63) is 66.2 Å². The molecule has 0 spiro atoms. The van der Waals surface area contributed by atoms with Crippen LogP contribution in [0.1, 0.15) is 18.4 Å². The Bertz CT molecular complexity index is 807. The van der Waals surface area contributed by atoms with Crippen LogP contribution >= 0.6 is 11.8 Å². The predicted molar refractivity (Wildman–Crippen MR) is 97.7 cm³/mol. The van der Waals surface area contributed by atoms with E-state index in [1.807, 2.05) is 48.5 Å². The average Bonchev–Trinajstić information content (AvgIpc) is 3.14. The topological polar surface area (TPSA) is 72.7 Å². The summed E-state index contributed by atoms with van der Waals surface area (Å²) in [6.45, 7) is 2.70. The van der Waals surface area contributed by atoms with Gasteiger partial charge in [-0.05, 0) is 34.0 Å². The standard InChI is InChI=1S/C18H19N5OS/c1-14(15-8-4-2-5-9-15)12-19-17(24)13-25-18-20-21-22-23(18)16-10-6-3-7-11-16/h2-11,14H,12-13H2,1H3,(H,19,24). The van der Waals surface area contributed by atoms with Crippen molar-refractivity contribution >= 4 is 17.7 Å². The number of rotatable bonds is 7. The molecule has 7 heteroatoms. The Morgan fingerprint density at radius 2 is 1.80 bits per heavy atom. The quantitative estimate of drug-likeness (QED) is 0.661. The Labute approximate surface area is 150 Å². The molecule has 25 heavy (non-hydrogen) atoms. The Balaban J connectivity index is 1.51. The highest BCUT2D eigenvalue weighted by molar-refractivity contribution is 7.99. The lowest BCUT2D eigenvalue weighted by atomic mass is 10.0. The number of hydrogen-bond donors (Lipinski definition) is 1. The van der Waals surface area contributed by atoms with Crippen molar-refractivity contribution in [1.82, 2.24) is 25.5 Å². The maximum atomic E-state index is 12.1. The van der Waals surface area contributed by atoms with E-state index in [0.717, 1.165) is 5.69 Å². The van der Waals surface area contributed by atoms with E-state index < -0.39 is 0 Å². The van der Waals surface area contributed by atoms with Crippen molar-refractivity contribution in [3.8, 4) is 5.69 Å². The molecule has 1 N–H and O–H groups in total. The number of hydrogen-bond acceptors (Lipinski definition) is 5. The third kappa shape index (κ3) is 4.67. The number of thioether (sulfide) groups is 1. The van der Waals surface area contributed by atoms with Gasteiger partial charge in [-0.3, -0.25) is 4.79 Å². The highest BCUT2D eigenvalue weighted by Crippen LogP contribution is 2.18. The number of tetrazole rings is 1. The summed E-state index contributed by atoms with van der Waals surface area (Å²) in [5.74, 6) is 0.509. The van der Waals surface area contributed by atoms with Gasteiger partial charge in [-0.1, -0.05) is 67.2 Å². The summed E-state index contributed by atoms with van der Waals surface area (Å²) in [6, 6.07) is 19.7. The Kier molecular flexibility index (Phi) is 5.79. The van der Waals surface area contributed by atoms with E-state index in [9.17, 15) is 4.79 Å². The first-order valence-corrected chi connectivity index (χ1v) is 9.01. The first-order chi connectivity index (χ1) is 12.2. The lowest BCUT2D eigenvalue weighted by Gasteiger charge is -2.12. The van der Waals surface area contributed by atoms with Crippen LogP contribution in [0.3, 0.4) is 0 Å². The molecule has 0 saturated carbocycles. The van der Waals surface area contributed by atoms with Crippen molar-refractivity contribution < 1.29 is 4.79 Å². The van der Waals surface area contributed by atoms with Crippen LogP contribution in [0.2, 0.25) is 0 Å². The molecule has 1 unspecified atom stereocenters. The average molecular weight is 353 g/mol. The number of amides is 1. The van der Waals surface area contributed by atoms with Crippen LogP contribution in [-0.2, 0) is 4.79 Å². The molecule has 3 aromatic rings. The fraction of sp³-hybridized carbons (Fsp3) is 0.222. The molecule has 0 fully saturated rings. The summed E-state index contributed by atoms with van der Waals surface area (Å²) in [5, 5.41) is 15.2. The minimum Gasteiger partial charge on any atom is -0.355 e.